The van der Waals surface area contributed by atoms with Gasteiger partial charge in [0.1, 0.15) is 0 Å². The van der Waals surface area contributed by atoms with E-state index in [0.717, 1.165) is 32.5 Å². The van der Waals surface area contributed by atoms with Crippen molar-refractivity contribution in [3.63, 3.8) is 0 Å². The highest BCUT2D eigenvalue weighted by Crippen LogP contribution is 2.16. The van der Waals surface area contributed by atoms with Gasteiger partial charge in [0.05, 0.1) is 13.0 Å². The van der Waals surface area contributed by atoms with E-state index in [9.17, 15) is 4.79 Å². The van der Waals surface area contributed by atoms with Crippen molar-refractivity contribution < 1.29 is 9.53 Å². The Morgan fingerprint density at radius 3 is 2.53 bits per heavy atom. The van der Waals surface area contributed by atoms with Crippen molar-refractivity contribution in [2.45, 2.75) is 19.3 Å². The van der Waals surface area contributed by atoms with Crippen molar-refractivity contribution in [1.29, 1.82) is 0 Å². The zero-order valence-electron chi connectivity index (χ0n) is 9.28. The average Bonchev–Trinajstić information content (AvgIpc) is 2.26. The SMILES string of the molecule is COCCC(=O)N1CCC(CN)CC1.Cl. The zero-order valence-corrected chi connectivity index (χ0v) is 10.1. The summed E-state index contributed by atoms with van der Waals surface area (Å²) in [5, 5.41) is 0. The van der Waals surface area contributed by atoms with E-state index in [1.54, 1.807) is 7.11 Å². The van der Waals surface area contributed by atoms with Gasteiger partial charge < -0.3 is 15.4 Å². The van der Waals surface area contributed by atoms with E-state index in [2.05, 4.69) is 0 Å². The van der Waals surface area contributed by atoms with Crippen molar-refractivity contribution >= 4 is 18.3 Å². The molecule has 0 saturated carbocycles. The number of ether oxygens (including phenoxy) is 1. The molecule has 0 radical (unpaired) electrons. The molecule has 1 saturated heterocycles. The third-order valence-electron chi connectivity index (χ3n) is 2.82. The van der Waals surface area contributed by atoms with Crippen molar-refractivity contribution in [3.05, 3.63) is 0 Å². The third-order valence-corrected chi connectivity index (χ3v) is 2.82. The van der Waals surface area contributed by atoms with Crippen LogP contribution in [0.3, 0.4) is 0 Å². The lowest BCUT2D eigenvalue weighted by Gasteiger charge is -2.31. The molecule has 0 atom stereocenters. The second kappa shape index (κ2) is 7.91. The monoisotopic (exact) mass is 236 g/mol. The molecular weight excluding hydrogens is 216 g/mol. The van der Waals surface area contributed by atoms with Gasteiger partial charge in [-0.3, -0.25) is 4.79 Å². The lowest BCUT2D eigenvalue weighted by Crippen LogP contribution is -2.40. The molecule has 1 rings (SSSR count). The first-order valence-electron chi connectivity index (χ1n) is 5.24. The molecule has 0 aliphatic carbocycles. The number of carbonyl (C=O) groups is 1. The predicted molar refractivity (Wildman–Crippen MR) is 62.1 cm³/mol. The van der Waals surface area contributed by atoms with Gasteiger partial charge in [-0.2, -0.15) is 0 Å². The van der Waals surface area contributed by atoms with Gasteiger partial charge >= 0.3 is 0 Å². The number of likely N-dealkylation sites (tertiary alicyclic amines) is 1. The minimum absolute atomic E-state index is 0. The Balaban J connectivity index is 0.00000196. The van der Waals surface area contributed by atoms with Gasteiger partial charge in [0.2, 0.25) is 5.91 Å². The molecule has 1 aliphatic heterocycles. The fraction of sp³-hybridized carbons (Fsp3) is 0.900. The molecule has 0 spiro atoms. The fourth-order valence-corrected chi connectivity index (χ4v) is 1.77. The molecule has 90 valence electrons. The predicted octanol–water partition coefficient (Wildman–Crippen LogP) is 0.642. The minimum atomic E-state index is 0. The lowest BCUT2D eigenvalue weighted by atomic mass is 9.97. The Hall–Kier alpha value is -0.320. The number of hydrogen-bond donors (Lipinski definition) is 1. The second-order valence-electron chi connectivity index (χ2n) is 3.80. The first-order valence-corrected chi connectivity index (χ1v) is 5.24. The summed E-state index contributed by atoms with van der Waals surface area (Å²) in [5.41, 5.74) is 5.58. The molecule has 0 aromatic rings. The summed E-state index contributed by atoms with van der Waals surface area (Å²) in [4.78, 5) is 13.5. The number of methoxy groups -OCH3 is 1. The van der Waals surface area contributed by atoms with E-state index in [0.29, 0.717) is 18.9 Å². The van der Waals surface area contributed by atoms with Crippen LogP contribution in [0.4, 0.5) is 0 Å². The fourth-order valence-electron chi connectivity index (χ4n) is 1.77. The van der Waals surface area contributed by atoms with Crippen LogP contribution in [0.15, 0.2) is 0 Å². The van der Waals surface area contributed by atoms with E-state index in [-0.39, 0.29) is 18.3 Å². The van der Waals surface area contributed by atoms with E-state index >= 15 is 0 Å². The van der Waals surface area contributed by atoms with Gasteiger partial charge in [0, 0.05) is 20.2 Å². The van der Waals surface area contributed by atoms with Gasteiger partial charge in [-0.1, -0.05) is 0 Å². The molecule has 4 nitrogen and oxygen atoms in total. The summed E-state index contributed by atoms with van der Waals surface area (Å²) in [6.45, 7) is 3.00. The van der Waals surface area contributed by atoms with Crippen molar-refractivity contribution in [1.82, 2.24) is 4.90 Å². The average molecular weight is 237 g/mol. The van der Waals surface area contributed by atoms with Crippen LogP contribution >= 0.6 is 12.4 Å². The number of rotatable bonds is 4. The summed E-state index contributed by atoms with van der Waals surface area (Å²) < 4.78 is 4.88. The number of amides is 1. The van der Waals surface area contributed by atoms with Crippen molar-refractivity contribution in [2.24, 2.45) is 11.7 Å². The van der Waals surface area contributed by atoms with Gasteiger partial charge in [-0.05, 0) is 25.3 Å². The lowest BCUT2D eigenvalue weighted by molar-refractivity contribution is -0.133. The van der Waals surface area contributed by atoms with Gasteiger partial charge in [0.25, 0.3) is 0 Å². The number of carbonyl (C=O) groups excluding carboxylic acids is 1. The first kappa shape index (κ1) is 14.7. The molecule has 1 fully saturated rings. The number of hydrogen-bond acceptors (Lipinski definition) is 3. The molecule has 0 aromatic heterocycles. The van der Waals surface area contributed by atoms with Gasteiger partial charge in [0.15, 0.2) is 0 Å². The summed E-state index contributed by atoms with van der Waals surface area (Å²) in [6, 6.07) is 0. The Kier molecular flexibility index (Phi) is 7.74. The zero-order chi connectivity index (χ0) is 10.4. The molecule has 2 N–H and O–H groups in total. The Labute approximate surface area is 97.5 Å². The summed E-state index contributed by atoms with van der Waals surface area (Å²) in [5.74, 6) is 0.823. The maximum Gasteiger partial charge on any atom is 0.224 e. The topological polar surface area (TPSA) is 55.6 Å². The van der Waals surface area contributed by atoms with Crippen LogP contribution in [0.2, 0.25) is 0 Å². The van der Waals surface area contributed by atoms with E-state index in [4.69, 9.17) is 10.5 Å². The molecule has 15 heavy (non-hydrogen) atoms. The maximum atomic E-state index is 11.6. The van der Waals surface area contributed by atoms with Gasteiger partial charge in [-0.15, -0.1) is 12.4 Å². The quantitative estimate of drug-likeness (QED) is 0.780. The smallest absolute Gasteiger partial charge is 0.224 e. The maximum absolute atomic E-state index is 11.6. The highest BCUT2D eigenvalue weighted by atomic mass is 35.5. The normalized spacial score (nSPS) is 17.3. The van der Waals surface area contributed by atoms with Crippen LogP contribution in [0, 0.1) is 5.92 Å². The minimum Gasteiger partial charge on any atom is -0.384 e. The number of piperidine rings is 1. The van der Waals surface area contributed by atoms with Crippen molar-refractivity contribution in [2.75, 3.05) is 33.4 Å². The summed E-state index contributed by atoms with van der Waals surface area (Å²) in [7, 11) is 1.62. The van der Waals surface area contributed by atoms with Crippen molar-refractivity contribution in [3.8, 4) is 0 Å². The van der Waals surface area contributed by atoms with Crippen LogP contribution < -0.4 is 5.73 Å². The molecule has 1 aliphatic rings. The molecule has 0 bridgehead atoms. The van der Waals surface area contributed by atoms with E-state index in [1.807, 2.05) is 4.90 Å². The van der Waals surface area contributed by atoms with Crippen LogP contribution in [0.5, 0.6) is 0 Å². The Morgan fingerprint density at radius 1 is 1.47 bits per heavy atom. The van der Waals surface area contributed by atoms with Crippen LogP contribution in [-0.2, 0) is 9.53 Å². The molecule has 0 unspecified atom stereocenters. The molecular formula is C10H21ClN2O2. The largest absolute Gasteiger partial charge is 0.384 e. The van der Waals surface area contributed by atoms with Crippen LogP contribution in [0.25, 0.3) is 0 Å². The standard InChI is InChI=1S/C10H20N2O2.ClH/c1-14-7-4-10(13)12-5-2-9(8-11)3-6-12;/h9H,2-8,11H2,1H3;1H. The van der Waals surface area contributed by atoms with Crippen LogP contribution in [-0.4, -0.2) is 44.2 Å². The molecule has 1 amide bonds. The third kappa shape index (κ3) is 4.82. The molecule has 5 heteroatoms. The van der Waals surface area contributed by atoms with Crippen LogP contribution in [0.1, 0.15) is 19.3 Å². The number of nitrogens with two attached hydrogens (primary N) is 1. The second-order valence-corrected chi connectivity index (χ2v) is 3.80. The highest BCUT2D eigenvalue weighted by Gasteiger charge is 2.21. The highest BCUT2D eigenvalue weighted by molar-refractivity contribution is 5.85. The Morgan fingerprint density at radius 2 is 2.07 bits per heavy atom. The summed E-state index contributed by atoms with van der Waals surface area (Å²) >= 11 is 0. The Bertz CT molecular complexity index is 182. The van der Waals surface area contributed by atoms with E-state index < -0.39 is 0 Å². The first-order chi connectivity index (χ1) is 6.77. The van der Waals surface area contributed by atoms with Gasteiger partial charge in [-0.25, -0.2) is 0 Å². The molecule has 1 heterocycles. The number of nitrogens with zero attached hydrogens (tertiary/aromatic N) is 1. The summed E-state index contributed by atoms with van der Waals surface area (Å²) in [6.07, 6.45) is 2.61. The molecule has 0 aromatic carbocycles. The number of halogens is 1. The van der Waals surface area contributed by atoms with E-state index in [1.165, 1.54) is 0 Å².